The predicted molar refractivity (Wildman–Crippen MR) is 506 cm³/mol. The van der Waals surface area contributed by atoms with E-state index in [4.69, 9.17) is 0 Å². The van der Waals surface area contributed by atoms with Gasteiger partial charge in [-0.05, 0) is 265 Å². The molecule has 578 valence electrons. The number of nitrogens with zero attached hydrogens (tertiary/aromatic N) is 4. The quantitative estimate of drug-likeness (QED) is 0.143. The molecule has 0 fully saturated rings. The van der Waals surface area contributed by atoms with Crippen LogP contribution >= 0.6 is 0 Å². The molecule has 6 aliphatic heterocycles. The van der Waals surface area contributed by atoms with Crippen molar-refractivity contribution in [1.82, 2.24) is 0 Å². The smallest absolute Gasteiger partial charge is 0.0544 e. The van der Waals surface area contributed by atoms with Crippen molar-refractivity contribution in [3.05, 3.63) is 419 Å². The van der Waals surface area contributed by atoms with E-state index in [1.807, 2.05) is 0 Å². The summed E-state index contributed by atoms with van der Waals surface area (Å²) in [5.41, 5.74) is 43.5. The van der Waals surface area contributed by atoms with Crippen molar-refractivity contribution >= 4 is 89.8 Å². The van der Waals surface area contributed by atoms with Crippen molar-refractivity contribution in [2.24, 2.45) is 0 Å². The van der Waals surface area contributed by atoms with Crippen LogP contribution in [-0.4, -0.2) is 0 Å². The summed E-state index contributed by atoms with van der Waals surface area (Å²) in [5.74, 6) is 0. The Balaban J connectivity index is 0.676. The second-order valence-electron chi connectivity index (χ2n) is 37.6. The highest BCUT2D eigenvalue weighted by Gasteiger charge is 2.50. The molecule has 0 aliphatic carbocycles. The third kappa shape index (κ3) is 10.1. The maximum absolute atomic E-state index is 2.61. The Labute approximate surface area is 705 Å². The van der Waals surface area contributed by atoms with Crippen LogP contribution in [0.5, 0.6) is 0 Å². The third-order valence-electron chi connectivity index (χ3n) is 28.9. The maximum Gasteiger partial charge on any atom is 0.0544 e. The summed E-state index contributed by atoms with van der Waals surface area (Å²) in [6.45, 7) is 29.2. The molecule has 120 heavy (non-hydrogen) atoms. The van der Waals surface area contributed by atoms with Gasteiger partial charge in [-0.15, -0.1) is 0 Å². The van der Waals surface area contributed by atoms with Crippen LogP contribution in [0.25, 0.3) is 88.3 Å². The van der Waals surface area contributed by atoms with Crippen LogP contribution in [0.1, 0.15) is 150 Å². The van der Waals surface area contributed by atoms with E-state index in [-0.39, 0.29) is 32.5 Å². The molecule has 0 unspecified atom stereocenters. The van der Waals surface area contributed by atoms with Gasteiger partial charge in [0.1, 0.15) is 0 Å². The first-order chi connectivity index (χ1) is 58.1. The molecule has 0 amide bonds. The first-order valence-electron chi connectivity index (χ1n) is 42.9. The molecule has 0 saturated heterocycles. The fourth-order valence-electron chi connectivity index (χ4n) is 22.4. The topological polar surface area (TPSA) is 13.0 Å². The van der Waals surface area contributed by atoms with E-state index >= 15 is 0 Å². The summed E-state index contributed by atoms with van der Waals surface area (Å²) in [6, 6.07) is 134. The number of benzene rings is 17. The van der Waals surface area contributed by atoms with Crippen LogP contribution in [0, 0.1) is 0 Å². The van der Waals surface area contributed by atoms with Gasteiger partial charge in [-0.2, -0.15) is 0 Å². The van der Waals surface area contributed by atoms with Crippen molar-refractivity contribution in [3.63, 3.8) is 0 Å². The average Bonchev–Trinajstić information content (AvgIpc) is 0.673. The van der Waals surface area contributed by atoms with Crippen LogP contribution in [0.4, 0.5) is 68.2 Å². The Morgan fingerprint density at radius 1 is 0.175 bits per heavy atom. The SMILES string of the molecule is CC1(C)c2ccccc2N2c3ccccc3C(C)(C)c3cc(-c4ccc(N(c5ccc(-c6cc7c8c(c6)C(C)(C)c6ccccc6N8c6ccccc6C7(C)C)cc5)c5ccc(-c6ccc(-c7cc8c9c(c7)C(C)(C)c7cc(-c%10ccccc%10)ccc7N9c7ccc(-c9ccccc9)cc7C8(C)C)c7ccccc67)c6ccccc56)cc4)cc1c32. The maximum atomic E-state index is 2.61. The monoisotopic (exact) mass is 1540 g/mol. The summed E-state index contributed by atoms with van der Waals surface area (Å²) in [7, 11) is 0. The van der Waals surface area contributed by atoms with Crippen LogP contribution in [-0.2, 0) is 32.5 Å². The highest BCUT2D eigenvalue weighted by molar-refractivity contribution is 6.13. The molecule has 6 aliphatic rings. The van der Waals surface area contributed by atoms with Crippen molar-refractivity contribution in [1.29, 1.82) is 0 Å². The number of para-hydroxylation sites is 4. The summed E-state index contributed by atoms with van der Waals surface area (Å²) >= 11 is 0. The van der Waals surface area contributed by atoms with E-state index in [1.54, 1.807) is 0 Å². The van der Waals surface area contributed by atoms with Gasteiger partial charge in [-0.3, -0.25) is 0 Å². The zero-order valence-electron chi connectivity index (χ0n) is 70.3. The molecule has 0 spiro atoms. The highest BCUT2D eigenvalue weighted by Crippen LogP contribution is 2.66. The van der Waals surface area contributed by atoms with E-state index in [0.717, 1.165) is 22.4 Å². The summed E-state index contributed by atoms with van der Waals surface area (Å²) in [5, 5.41) is 4.79. The van der Waals surface area contributed by atoms with Gasteiger partial charge in [0.05, 0.1) is 56.9 Å². The van der Waals surface area contributed by atoms with Gasteiger partial charge < -0.3 is 19.6 Å². The van der Waals surface area contributed by atoms with Crippen LogP contribution in [0.2, 0.25) is 0 Å². The van der Waals surface area contributed by atoms with E-state index in [2.05, 4.69) is 455 Å². The summed E-state index contributed by atoms with van der Waals surface area (Å²) in [4.78, 5) is 10.2. The molecule has 4 heteroatoms. The molecular formula is C116H94N4. The Bertz CT molecular complexity index is 6710. The van der Waals surface area contributed by atoms with Gasteiger partial charge in [-0.25, -0.2) is 0 Å². The predicted octanol–water partition coefficient (Wildman–Crippen LogP) is 31.7. The largest absolute Gasteiger partial charge is 0.310 e. The zero-order chi connectivity index (χ0) is 81.4. The molecule has 17 aromatic carbocycles. The lowest BCUT2D eigenvalue weighted by atomic mass is 9.65. The summed E-state index contributed by atoms with van der Waals surface area (Å²) in [6.07, 6.45) is 0. The Hall–Kier alpha value is -13.5. The van der Waals surface area contributed by atoms with E-state index in [9.17, 15) is 0 Å². The van der Waals surface area contributed by atoms with Gasteiger partial charge in [0.15, 0.2) is 0 Å². The van der Waals surface area contributed by atoms with E-state index in [1.165, 1.54) is 201 Å². The zero-order valence-corrected chi connectivity index (χ0v) is 70.3. The molecular weight excluding hydrogens is 1450 g/mol. The van der Waals surface area contributed by atoms with Crippen LogP contribution in [0.15, 0.2) is 352 Å². The van der Waals surface area contributed by atoms with Gasteiger partial charge in [0, 0.05) is 49.3 Å². The molecule has 0 atom stereocenters. The molecule has 0 saturated carbocycles. The molecule has 23 rings (SSSR count). The number of anilines is 12. The molecule has 0 radical (unpaired) electrons. The van der Waals surface area contributed by atoms with Gasteiger partial charge in [-0.1, -0.05) is 320 Å². The van der Waals surface area contributed by atoms with E-state index < -0.39 is 0 Å². The van der Waals surface area contributed by atoms with Crippen molar-refractivity contribution in [3.8, 4) is 66.8 Å². The number of rotatable bonds is 9. The second kappa shape index (κ2) is 25.5. The Morgan fingerprint density at radius 2 is 0.425 bits per heavy atom. The lowest BCUT2D eigenvalue weighted by Crippen LogP contribution is -2.38. The van der Waals surface area contributed by atoms with E-state index in [0.29, 0.717) is 0 Å². The normalized spacial score (nSPS) is 16.0. The number of hydrogen-bond acceptors (Lipinski definition) is 4. The highest BCUT2D eigenvalue weighted by atomic mass is 15.2. The van der Waals surface area contributed by atoms with Crippen LogP contribution in [0.3, 0.4) is 0 Å². The lowest BCUT2D eigenvalue weighted by molar-refractivity contribution is 0.597. The molecule has 0 bridgehead atoms. The molecule has 0 aromatic heterocycles. The van der Waals surface area contributed by atoms with Crippen molar-refractivity contribution < 1.29 is 0 Å². The standard InChI is InChI=1S/C116H94N4/c1-111(2)89-39-23-27-43-102(89)118-103-44-28-24-40-90(103)112(3,4)96-66-77(65-95(111)108(96)118)73-47-53-80(54-48-73)117(81-55-49-74(50-56-81)78-67-97-109-98(68-78)114(7,8)92-42-26-30-46-105(92)119(109)104-45-29-25-41-91(104)113(97,5)6)101-62-59-87(85-37-21-22-38-88(85)101)86-58-57-82(83-35-19-20-36-84(83)86)79-69-99-110-100(70-79)116(11,12)94-64-76(72-33-17-14-18-34-72)52-61-107(94)120(110)106-60-51-75(63-93(106)115(99,9)10)71-31-15-13-16-32-71/h13-70H,1-12H3. The molecule has 6 heterocycles. The molecule has 4 nitrogen and oxygen atoms in total. The fraction of sp³-hybridized carbons (Fsp3) is 0.155. The minimum Gasteiger partial charge on any atom is -0.310 e. The minimum atomic E-state index is -0.365. The Kier molecular flexibility index (Phi) is 15.2. The summed E-state index contributed by atoms with van der Waals surface area (Å²) < 4.78 is 0. The second-order valence-corrected chi connectivity index (χ2v) is 37.6. The minimum absolute atomic E-state index is 0.264. The molecule has 17 aromatic rings. The van der Waals surface area contributed by atoms with Crippen molar-refractivity contribution in [2.75, 3.05) is 19.6 Å². The first-order valence-corrected chi connectivity index (χ1v) is 42.9. The van der Waals surface area contributed by atoms with Crippen molar-refractivity contribution in [2.45, 2.75) is 116 Å². The lowest BCUT2D eigenvalue weighted by Gasteiger charge is -2.50. The van der Waals surface area contributed by atoms with Crippen LogP contribution < -0.4 is 19.6 Å². The number of fused-ring (bicyclic) bond motifs is 14. The average molecular weight is 1540 g/mol. The van der Waals surface area contributed by atoms with Gasteiger partial charge in [0.25, 0.3) is 0 Å². The van der Waals surface area contributed by atoms with Gasteiger partial charge >= 0.3 is 0 Å². The third-order valence-corrected chi connectivity index (χ3v) is 28.9. The molecule has 0 N–H and O–H groups in total. The number of hydrogen-bond donors (Lipinski definition) is 0. The first kappa shape index (κ1) is 71.8. The fourth-order valence-corrected chi connectivity index (χ4v) is 22.4. The van der Waals surface area contributed by atoms with Gasteiger partial charge in [0.2, 0.25) is 0 Å². The Morgan fingerprint density at radius 3 is 0.792 bits per heavy atom.